The standard InChI is InChI=1S/C21H21N7O3/c1-30-21-22-5-4-16(26-21)18-7-13-9-23-19(8-17(13)25-18)27-20(29)14-10-24-28(11-14)12-15-3-2-6-31-15/h4-5,7-11,15,25H,2-3,6,12H2,1H3,(H,23,27,29)/t15-/m0/s1. The zero-order valence-electron chi connectivity index (χ0n) is 16.9. The van der Waals surface area contributed by atoms with E-state index in [0.29, 0.717) is 29.6 Å². The molecule has 0 aliphatic carbocycles. The van der Waals surface area contributed by atoms with Gasteiger partial charge in [0.05, 0.1) is 48.4 Å². The van der Waals surface area contributed by atoms with E-state index in [1.165, 1.54) is 7.11 Å². The van der Waals surface area contributed by atoms with Gasteiger partial charge in [0.25, 0.3) is 5.91 Å². The lowest BCUT2D eigenvalue weighted by Crippen LogP contribution is -2.15. The average Bonchev–Trinajstić information content (AvgIpc) is 3.55. The molecule has 0 aromatic carbocycles. The highest BCUT2D eigenvalue weighted by Crippen LogP contribution is 2.24. The molecule has 0 radical (unpaired) electrons. The minimum absolute atomic E-state index is 0.164. The van der Waals surface area contributed by atoms with Crippen molar-refractivity contribution < 1.29 is 14.3 Å². The molecule has 4 aromatic rings. The number of fused-ring (bicyclic) bond motifs is 1. The molecule has 1 aliphatic heterocycles. The third kappa shape index (κ3) is 4.10. The molecule has 10 heteroatoms. The Kier molecular flexibility index (Phi) is 5.04. The maximum absolute atomic E-state index is 12.6. The summed E-state index contributed by atoms with van der Waals surface area (Å²) in [6.45, 7) is 1.44. The van der Waals surface area contributed by atoms with Crippen molar-refractivity contribution >= 4 is 22.6 Å². The predicted molar refractivity (Wildman–Crippen MR) is 113 cm³/mol. The van der Waals surface area contributed by atoms with Crippen LogP contribution in [-0.4, -0.2) is 55.4 Å². The summed E-state index contributed by atoms with van der Waals surface area (Å²) in [4.78, 5) is 28.6. The van der Waals surface area contributed by atoms with Crippen LogP contribution in [0.2, 0.25) is 0 Å². The first-order chi connectivity index (χ1) is 15.2. The molecule has 1 saturated heterocycles. The highest BCUT2D eigenvalue weighted by molar-refractivity contribution is 6.04. The van der Waals surface area contributed by atoms with Gasteiger partial charge < -0.3 is 19.8 Å². The number of anilines is 1. The van der Waals surface area contributed by atoms with Crippen molar-refractivity contribution in [3.05, 3.63) is 48.5 Å². The van der Waals surface area contributed by atoms with E-state index in [9.17, 15) is 4.79 Å². The van der Waals surface area contributed by atoms with Crippen LogP contribution in [0.15, 0.2) is 43.0 Å². The van der Waals surface area contributed by atoms with E-state index in [1.807, 2.05) is 6.07 Å². The van der Waals surface area contributed by atoms with Gasteiger partial charge in [-0.15, -0.1) is 0 Å². The van der Waals surface area contributed by atoms with Gasteiger partial charge in [0.2, 0.25) is 0 Å². The number of carbonyl (C=O) groups excluding carboxylic acids is 1. The van der Waals surface area contributed by atoms with Crippen molar-refractivity contribution in [1.29, 1.82) is 0 Å². The van der Waals surface area contributed by atoms with Gasteiger partial charge in [0.15, 0.2) is 0 Å². The molecule has 31 heavy (non-hydrogen) atoms. The summed E-state index contributed by atoms with van der Waals surface area (Å²) >= 11 is 0. The summed E-state index contributed by atoms with van der Waals surface area (Å²) in [5.41, 5.74) is 2.80. The fraction of sp³-hybridized carbons (Fsp3) is 0.286. The molecule has 10 nitrogen and oxygen atoms in total. The van der Waals surface area contributed by atoms with Crippen molar-refractivity contribution in [3.63, 3.8) is 0 Å². The minimum Gasteiger partial charge on any atom is -0.467 e. The van der Waals surface area contributed by atoms with Gasteiger partial charge in [-0.05, 0) is 25.0 Å². The molecule has 1 amide bonds. The van der Waals surface area contributed by atoms with Crippen LogP contribution < -0.4 is 10.1 Å². The van der Waals surface area contributed by atoms with Crippen molar-refractivity contribution in [2.75, 3.05) is 19.0 Å². The Morgan fingerprint density at radius 2 is 2.29 bits per heavy atom. The van der Waals surface area contributed by atoms with E-state index < -0.39 is 0 Å². The summed E-state index contributed by atoms with van der Waals surface area (Å²) in [7, 11) is 1.52. The van der Waals surface area contributed by atoms with Gasteiger partial charge in [-0.25, -0.2) is 9.97 Å². The number of amides is 1. The Balaban J connectivity index is 1.31. The summed E-state index contributed by atoms with van der Waals surface area (Å²) in [6.07, 6.45) is 8.86. The van der Waals surface area contributed by atoms with Crippen molar-refractivity contribution in [2.45, 2.75) is 25.5 Å². The van der Waals surface area contributed by atoms with Gasteiger partial charge in [-0.2, -0.15) is 10.1 Å². The molecule has 1 aliphatic rings. The molecule has 1 fully saturated rings. The topological polar surface area (TPSA) is 120 Å². The lowest BCUT2D eigenvalue weighted by Gasteiger charge is -2.08. The number of aromatic nitrogens is 6. The number of methoxy groups -OCH3 is 1. The Morgan fingerprint density at radius 3 is 3.13 bits per heavy atom. The number of pyridine rings is 1. The highest BCUT2D eigenvalue weighted by Gasteiger charge is 2.18. The molecule has 1 atom stereocenters. The fourth-order valence-electron chi connectivity index (χ4n) is 3.59. The van der Waals surface area contributed by atoms with Crippen LogP contribution in [0.4, 0.5) is 5.82 Å². The van der Waals surface area contributed by atoms with Gasteiger partial charge in [0, 0.05) is 36.7 Å². The smallest absolute Gasteiger partial charge is 0.316 e. The minimum atomic E-state index is -0.266. The first-order valence-corrected chi connectivity index (χ1v) is 9.99. The Labute approximate surface area is 177 Å². The van der Waals surface area contributed by atoms with E-state index in [0.717, 1.165) is 36.0 Å². The van der Waals surface area contributed by atoms with E-state index in [1.54, 1.807) is 41.6 Å². The Morgan fingerprint density at radius 1 is 1.35 bits per heavy atom. The molecule has 5 heterocycles. The van der Waals surface area contributed by atoms with E-state index in [2.05, 4.69) is 30.4 Å². The Hall–Kier alpha value is -3.79. The quantitative estimate of drug-likeness (QED) is 0.493. The number of H-pyrrole nitrogens is 1. The summed E-state index contributed by atoms with van der Waals surface area (Å²) < 4.78 is 12.4. The van der Waals surface area contributed by atoms with Crippen LogP contribution in [0.25, 0.3) is 22.3 Å². The molecule has 0 spiro atoms. The number of nitrogens with zero attached hydrogens (tertiary/aromatic N) is 5. The summed E-state index contributed by atoms with van der Waals surface area (Å²) in [5, 5.41) is 7.99. The van der Waals surface area contributed by atoms with E-state index in [4.69, 9.17) is 9.47 Å². The SMILES string of the molecule is COc1nccc(-c2cc3cnc(NC(=O)c4cnn(C[C@@H]5CCCO5)c4)cc3[nH]2)n1. The lowest BCUT2D eigenvalue weighted by molar-refractivity contribution is 0.0937. The van der Waals surface area contributed by atoms with Crippen molar-refractivity contribution in [1.82, 2.24) is 29.7 Å². The van der Waals surface area contributed by atoms with Crippen LogP contribution in [-0.2, 0) is 11.3 Å². The zero-order chi connectivity index (χ0) is 21.2. The third-order valence-corrected chi connectivity index (χ3v) is 5.15. The normalized spacial score (nSPS) is 16.0. The molecule has 158 valence electrons. The van der Waals surface area contributed by atoms with Gasteiger partial charge in [0.1, 0.15) is 5.82 Å². The number of rotatable bonds is 6. The predicted octanol–water partition coefficient (Wildman–Crippen LogP) is 2.66. The maximum Gasteiger partial charge on any atom is 0.316 e. The van der Waals surface area contributed by atoms with E-state index >= 15 is 0 Å². The first kappa shape index (κ1) is 19.2. The van der Waals surface area contributed by atoms with Crippen LogP contribution in [0.3, 0.4) is 0 Å². The summed E-state index contributed by atoms with van der Waals surface area (Å²) in [6, 6.07) is 5.80. The van der Waals surface area contributed by atoms with Crippen LogP contribution in [0.5, 0.6) is 6.01 Å². The second-order valence-corrected chi connectivity index (χ2v) is 7.31. The number of carbonyl (C=O) groups is 1. The number of nitrogens with one attached hydrogen (secondary N) is 2. The number of hydrogen-bond donors (Lipinski definition) is 2. The second kappa shape index (κ2) is 8.15. The maximum atomic E-state index is 12.6. The molecule has 4 aromatic heterocycles. The van der Waals surface area contributed by atoms with Crippen LogP contribution in [0.1, 0.15) is 23.2 Å². The van der Waals surface area contributed by atoms with Crippen molar-refractivity contribution in [2.24, 2.45) is 0 Å². The van der Waals surface area contributed by atoms with Gasteiger partial charge in [-0.1, -0.05) is 0 Å². The molecule has 0 unspecified atom stereocenters. The molecule has 0 bridgehead atoms. The number of hydrogen-bond acceptors (Lipinski definition) is 7. The van der Waals surface area contributed by atoms with Gasteiger partial charge in [-0.3, -0.25) is 9.48 Å². The van der Waals surface area contributed by atoms with Crippen LogP contribution in [0, 0.1) is 0 Å². The fourth-order valence-corrected chi connectivity index (χ4v) is 3.59. The number of ether oxygens (including phenoxy) is 2. The Bertz CT molecular complexity index is 1230. The van der Waals surface area contributed by atoms with E-state index in [-0.39, 0.29) is 12.0 Å². The monoisotopic (exact) mass is 419 g/mol. The molecular weight excluding hydrogens is 398 g/mol. The zero-order valence-corrected chi connectivity index (χ0v) is 16.9. The molecule has 0 saturated carbocycles. The van der Waals surface area contributed by atoms with Crippen LogP contribution >= 0.6 is 0 Å². The molecule has 2 N–H and O–H groups in total. The summed E-state index contributed by atoms with van der Waals surface area (Å²) in [5.74, 6) is 0.177. The molecular formula is C21H21N7O3. The van der Waals surface area contributed by atoms with Gasteiger partial charge >= 0.3 is 6.01 Å². The lowest BCUT2D eigenvalue weighted by atomic mass is 10.2. The largest absolute Gasteiger partial charge is 0.467 e. The third-order valence-electron chi connectivity index (χ3n) is 5.15. The number of aromatic amines is 1. The first-order valence-electron chi connectivity index (χ1n) is 9.99. The second-order valence-electron chi connectivity index (χ2n) is 7.31. The highest BCUT2D eigenvalue weighted by atomic mass is 16.5. The van der Waals surface area contributed by atoms with Crippen molar-refractivity contribution in [3.8, 4) is 17.4 Å². The molecule has 5 rings (SSSR count). The average molecular weight is 419 g/mol.